The van der Waals surface area contributed by atoms with E-state index in [9.17, 15) is 4.79 Å². The lowest BCUT2D eigenvalue weighted by molar-refractivity contribution is 0.0684. The number of ether oxygens (including phenoxy) is 1. The number of benzene rings is 1. The van der Waals surface area contributed by atoms with E-state index in [-0.39, 0.29) is 21.4 Å². The molecule has 0 atom stereocenters. The van der Waals surface area contributed by atoms with E-state index < -0.39 is 11.6 Å². The molecule has 1 N–H and O–H groups in total. The molecule has 1 aliphatic heterocycles. The van der Waals surface area contributed by atoms with Gasteiger partial charge in [-0.1, -0.05) is 34.8 Å². The second-order valence-electron chi connectivity index (χ2n) is 4.38. The van der Waals surface area contributed by atoms with Crippen LogP contribution in [0.3, 0.4) is 0 Å². The van der Waals surface area contributed by atoms with Crippen molar-refractivity contribution < 1.29 is 14.6 Å². The topological polar surface area (TPSA) is 46.5 Å². The summed E-state index contributed by atoms with van der Waals surface area (Å²) in [5.41, 5.74) is -0.511. The van der Waals surface area contributed by atoms with E-state index in [1.165, 1.54) is 12.1 Å². The van der Waals surface area contributed by atoms with Crippen LogP contribution in [0.2, 0.25) is 5.02 Å². The summed E-state index contributed by atoms with van der Waals surface area (Å²) in [4.78, 5) is 11.2. The Morgan fingerprint density at radius 3 is 2.44 bits per heavy atom. The molecular formula is C12H9Cl3O3. The predicted molar refractivity (Wildman–Crippen MR) is 71.7 cm³/mol. The second kappa shape index (κ2) is 4.34. The summed E-state index contributed by atoms with van der Waals surface area (Å²) in [6.45, 7) is 3.42. The van der Waals surface area contributed by atoms with Crippen LogP contribution in [0.15, 0.2) is 17.2 Å². The summed E-state index contributed by atoms with van der Waals surface area (Å²) in [5.74, 6) is -0.946. The number of carboxylic acid groups (broad SMARTS) is 1. The maximum Gasteiger partial charge on any atom is 0.339 e. The Bertz CT molecular complexity index is 576. The largest absolute Gasteiger partial charge is 0.481 e. The maximum atomic E-state index is 11.2. The van der Waals surface area contributed by atoms with Crippen molar-refractivity contribution in [2.45, 2.75) is 19.4 Å². The highest BCUT2D eigenvalue weighted by molar-refractivity contribution is 6.55. The van der Waals surface area contributed by atoms with Crippen LogP contribution in [0.5, 0.6) is 5.75 Å². The monoisotopic (exact) mass is 306 g/mol. The predicted octanol–water partition coefficient (Wildman–Crippen LogP) is 4.36. The summed E-state index contributed by atoms with van der Waals surface area (Å²) in [6.07, 6.45) is 0. The smallest absolute Gasteiger partial charge is 0.339 e. The van der Waals surface area contributed by atoms with Gasteiger partial charge in [0.2, 0.25) is 0 Å². The molecular weight excluding hydrogens is 298 g/mol. The van der Waals surface area contributed by atoms with Crippen molar-refractivity contribution in [1.82, 2.24) is 0 Å². The van der Waals surface area contributed by atoms with Gasteiger partial charge in [0, 0.05) is 10.6 Å². The number of aromatic carboxylic acids is 1. The van der Waals surface area contributed by atoms with Crippen molar-refractivity contribution in [2.75, 3.05) is 0 Å². The number of halogens is 3. The lowest BCUT2D eigenvalue weighted by Crippen LogP contribution is -2.33. The highest BCUT2D eigenvalue weighted by Gasteiger charge is 2.36. The Labute approximate surface area is 119 Å². The van der Waals surface area contributed by atoms with Gasteiger partial charge in [0.1, 0.15) is 16.9 Å². The first-order valence-corrected chi connectivity index (χ1v) is 6.19. The Balaban J connectivity index is 2.78. The SMILES string of the molecule is CC1(C)Oc2c(C(=O)O)cc(Cl)cc2C(Cl)=C1Cl. The third kappa shape index (κ3) is 2.07. The quantitative estimate of drug-likeness (QED) is 0.838. The van der Waals surface area contributed by atoms with Crippen LogP contribution in [0, 0.1) is 0 Å². The zero-order chi connectivity index (χ0) is 13.7. The van der Waals surface area contributed by atoms with E-state index in [1.54, 1.807) is 13.8 Å². The number of carbonyl (C=O) groups is 1. The van der Waals surface area contributed by atoms with E-state index in [2.05, 4.69) is 0 Å². The van der Waals surface area contributed by atoms with Crippen molar-refractivity contribution in [3.05, 3.63) is 33.3 Å². The standard InChI is InChI=1S/C12H9Cl3O3/c1-12(2)10(15)8(14)6-3-5(13)4-7(11(16)17)9(6)18-12/h3-4H,1-2H3,(H,16,17). The minimum absolute atomic E-state index is 0.0344. The molecule has 1 aromatic carbocycles. The van der Waals surface area contributed by atoms with Gasteiger partial charge in [0.25, 0.3) is 0 Å². The minimum Gasteiger partial charge on any atom is -0.481 e. The maximum absolute atomic E-state index is 11.2. The third-order valence-corrected chi connectivity index (χ3v) is 3.95. The molecule has 96 valence electrons. The molecule has 0 aromatic heterocycles. The highest BCUT2D eigenvalue weighted by atomic mass is 35.5. The van der Waals surface area contributed by atoms with Gasteiger partial charge < -0.3 is 9.84 Å². The summed E-state index contributed by atoms with van der Waals surface area (Å²) in [7, 11) is 0. The molecule has 0 spiro atoms. The number of rotatable bonds is 1. The van der Waals surface area contributed by atoms with Gasteiger partial charge in [-0.2, -0.15) is 0 Å². The van der Waals surface area contributed by atoms with E-state index in [0.29, 0.717) is 10.6 Å². The van der Waals surface area contributed by atoms with Crippen molar-refractivity contribution in [1.29, 1.82) is 0 Å². The molecule has 2 rings (SSSR count). The van der Waals surface area contributed by atoms with Crippen molar-refractivity contribution in [3.63, 3.8) is 0 Å². The van der Waals surface area contributed by atoms with Gasteiger partial charge in [-0.05, 0) is 26.0 Å². The number of fused-ring (bicyclic) bond motifs is 1. The zero-order valence-electron chi connectivity index (χ0n) is 9.55. The van der Waals surface area contributed by atoms with Crippen LogP contribution in [-0.4, -0.2) is 16.7 Å². The summed E-state index contributed by atoms with van der Waals surface area (Å²) in [5, 5.41) is 9.99. The molecule has 0 saturated heterocycles. The first kappa shape index (κ1) is 13.5. The van der Waals surface area contributed by atoms with Gasteiger partial charge in [-0.25, -0.2) is 4.79 Å². The summed E-state index contributed by atoms with van der Waals surface area (Å²) < 4.78 is 5.64. The van der Waals surface area contributed by atoms with Gasteiger partial charge in [-0.3, -0.25) is 0 Å². The number of carboxylic acids is 1. The Hall–Kier alpha value is -0.900. The number of hydrogen-bond donors (Lipinski definition) is 1. The second-order valence-corrected chi connectivity index (χ2v) is 5.57. The van der Waals surface area contributed by atoms with E-state index >= 15 is 0 Å². The average molecular weight is 308 g/mol. The molecule has 1 heterocycles. The fourth-order valence-corrected chi connectivity index (χ4v) is 2.43. The van der Waals surface area contributed by atoms with Crippen LogP contribution in [0.1, 0.15) is 29.8 Å². The van der Waals surface area contributed by atoms with Crippen molar-refractivity contribution in [2.24, 2.45) is 0 Å². The van der Waals surface area contributed by atoms with Crippen LogP contribution < -0.4 is 4.74 Å². The van der Waals surface area contributed by atoms with Gasteiger partial charge >= 0.3 is 5.97 Å². The summed E-state index contributed by atoms with van der Waals surface area (Å²) in [6, 6.07) is 2.85. The molecule has 0 radical (unpaired) electrons. The molecule has 3 nitrogen and oxygen atoms in total. The zero-order valence-corrected chi connectivity index (χ0v) is 11.8. The van der Waals surface area contributed by atoms with E-state index in [0.717, 1.165) is 0 Å². The Morgan fingerprint density at radius 2 is 1.89 bits per heavy atom. The minimum atomic E-state index is -1.13. The molecule has 1 aromatic rings. The summed E-state index contributed by atoms with van der Waals surface area (Å²) >= 11 is 18.1. The van der Waals surface area contributed by atoms with Crippen LogP contribution in [-0.2, 0) is 0 Å². The van der Waals surface area contributed by atoms with Gasteiger partial charge in [0.05, 0.1) is 10.1 Å². The molecule has 0 fully saturated rings. The van der Waals surface area contributed by atoms with E-state index in [4.69, 9.17) is 44.6 Å². The molecule has 18 heavy (non-hydrogen) atoms. The molecule has 0 amide bonds. The first-order valence-electron chi connectivity index (χ1n) is 5.06. The fraction of sp³-hybridized carbons (Fsp3) is 0.250. The molecule has 0 unspecified atom stereocenters. The fourth-order valence-electron chi connectivity index (χ4n) is 1.71. The third-order valence-electron chi connectivity index (χ3n) is 2.60. The molecule has 0 aliphatic carbocycles. The van der Waals surface area contributed by atoms with E-state index in [1.807, 2.05) is 0 Å². The molecule has 0 saturated carbocycles. The number of hydrogen-bond acceptors (Lipinski definition) is 2. The van der Waals surface area contributed by atoms with Crippen LogP contribution in [0.25, 0.3) is 5.03 Å². The van der Waals surface area contributed by atoms with Gasteiger partial charge in [0.15, 0.2) is 0 Å². The normalized spacial score (nSPS) is 17.2. The Kier molecular flexibility index (Phi) is 3.26. The lowest BCUT2D eigenvalue weighted by Gasteiger charge is -2.33. The Morgan fingerprint density at radius 1 is 1.28 bits per heavy atom. The lowest BCUT2D eigenvalue weighted by atomic mass is 9.99. The van der Waals surface area contributed by atoms with Crippen LogP contribution in [0.4, 0.5) is 0 Å². The van der Waals surface area contributed by atoms with Crippen LogP contribution >= 0.6 is 34.8 Å². The van der Waals surface area contributed by atoms with Crippen molar-refractivity contribution >= 4 is 45.8 Å². The molecule has 6 heteroatoms. The average Bonchev–Trinajstić information content (AvgIpc) is 2.26. The molecule has 1 aliphatic rings. The van der Waals surface area contributed by atoms with Gasteiger partial charge in [-0.15, -0.1) is 0 Å². The first-order chi connectivity index (χ1) is 8.24. The molecule has 0 bridgehead atoms. The van der Waals surface area contributed by atoms with Crippen molar-refractivity contribution in [3.8, 4) is 5.75 Å². The highest BCUT2D eigenvalue weighted by Crippen LogP contribution is 2.46.